The van der Waals surface area contributed by atoms with Crippen LogP contribution >= 0.6 is 0 Å². The van der Waals surface area contributed by atoms with Crippen LogP contribution in [0.2, 0.25) is 0 Å². The topological polar surface area (TPSA) is 59.7 Å². The zero-order valence-electron chi connectivity index (χ0n) is 15.0. The van der Waals surface area contributed by atoms with Gasteiger partial charge in [0.2, 0.25) is 5.91 Å². The highest BCUT2D eigenvalue weighted by Crippen LogP contribution is 2.44. The molecule has 3 saturated heterocycles. The Morgan fingerprint density at radius 1 is 1.12 bits per heavy atom. The van der Waals surface area contributed by atoms with Crippen LogP contribution in [-0.4, -0.2) is 77.3 Å². The number of carbonyl (C=O) groups is 2. The number of likely N-dealkylation sites (N-methyl/N-ethyl adjacent to an activating group) is 1. The summed E-state index contributed by atoms with van der Waals surface area (Å²) in [6, 6.07) is 1.81. The lowest BCUT2D eigenvalue weighted by atomic mass is 9.67. The predicted octanol–water partition coefficient (Wildman–Crippen LogP) is 1.56. The number of nitrogens with one attached hydrogen (secondary N) is 1. The molecule has 0 spiro atoms. The van der Waals surface area contributed by atoms with E-state index >= 15 is 0 Å². The van der Waals surface area contributed by atoms with Crippen LogP contribution in [0, 0.1) is 5.41 Å². The van der Waals surface area contributed by atoms with Crippen molar-refractivity contribution >= 4 is 11.8 Å². The highest BCUT2D eigenvalue weighted by molar-refractivity contribution is 5.95. The van der Waals surface area contributed by atoms with Crippen LogP contribution in [0.1, 0.15) is 42.5 Å². The first-order valence-corrected chi connectivity index (χ1v) is 9.53. The second-order valence-corrected chi connectivity index (χ2v) is 7.89. The first-order chi connectivity index (χ1) is 12.1. The number of piperidine rings is 2. The second kappa shape index (κ2) is 6.48. The van der Waals surface area contributed by atoms with Crippen molar-refractivity contribution in [2.24, 2.45) is 5.41 Å². The molecule has 6 heteroatoms. The summed E-state index contributed by atoms with van der Waals surface area (Å²) in [6.07, 6.45) is 8.45. The van der Waals surface area contributed by atoms with Gasteiger partial charge >= 0.3 is 0 Å². The van der Waals surface area contributed by atoms with Crippen molar-refractivity contribution in [3.05, 3.63) is 24.0 Å². The third kappa shape index (κ3) is 2.76. The van der Waals surface area contributed by atoms with Crippen LogP contribution in [0.3, 0.4) is 0 Å². The number of hydrogen-bond donors (Lipinski definition) is 1. The Bertz CT molecular complexity index is 638. The van der Waals surface area contributed by atoms with Gasteiger partial charge in [0.25, 0.3) is 5.91 Å². The van der Waals surface area contributed by atoms with Gasteiger partial charge in [-0.25, -0.2) is 0 Å². The zero-order valence-corrected chi connectivity index (χ0v) is 15.0. The number of nitrogens with zero attached hydrogens (tertiary/aromatic N) is 3. The van der Waals surface area contributed by atoms with Crippen molar-refractivity contribution in [2.75, 3.05) is 39.8 Å². The van der Waals surface area contributed by atoms with Gasteiger partial charge in [-0.05, 0) is 51.8 Å². The van der Waals surface area contributed by atoms with Crippen LogP contribution < -0.4 is 0 Å². The molecule has 25 heavy (non-hydrogen) atoms. The first-order valence-electron chi connectivity index (χ1n) is 9.53. The standard InChI is InChI=1S/C19H28N4O2/c1-21-12-7-19(18(25)22-9-2-3-10-22)6-4-11-23(16(19)14-21)17(24)15-5-8-20-13-15/h5,8,13,16,20H,2-4,6-7,9-12,14H2,1H3/t16-,19+/m0/s1. The molecule has 3 fully saturated rings. The predicted molar refractivity (Wildman–Crippen MR) is 95.2 cm³/mol. The SMILES string of the molecule is CN1CC[C@]2(C(=O)N3CCCC3)CCCN(C(=O)c3cc[nH]c3)[C@H]2C1. The molecule has 0 saturated carbocycles. The lowest BCUT2D eigenvalue weighted by molar-refractivity contribution is -0.152. The Kier molecular flexibility index (Phi) is 4.31. The van der Waals surface area contributed by atoms with Gasteiger partial charge in [0.05, 0.1) is 17.0 Å². The van der Waals surface area contributed by atoms with Gasteiger partial charge in [-0.2, -0.15) is 0 Å². The summed E-state index contributed by atoms with van der Waals surface area (Å²) < 4.78 is 0. The molecule has 0 radical (unpaired) electrons. The van der Waals surface area contributed by atoms with E-state index in [4.69, 9.17) is 0 Å². The van der Waals surface area contributed by atoms with Crippen molar-refractivity contribution < 1.29 is 9.59 Å². The molecule has 2 amide bonds. The van der Waals surface area contributed by atoms with E-state index in [1.165, 1.54) is 0 Å². The Labute approximate surface area is 149 Å². The molecular weight excluding hydrogens is 316 g/mol. The molecule has 0 aromatic carbocycles. The highest BCUT2D eigenvalue weighted by atomic mass is 16.2. The maximum absolute atomic E-state index is 13.5. The van der Waals surface area contributed by atoms with Gasteiger partial charge in [-0.1, -0.05) is 0 Å². The smallest absolute Gasteiger partial charge is 0.255 e. The maximum Gasteiger partial charge on any atom is 0.255 e. The minimum Gasteiger partial charge on any atom is -0.367 e. The number of aromatic amines is 1. The molecule has 0 bridgehead atoms. The average molecular weight is 344 g/mol. The van der Waals surface area contributed by atoms with Crippen molar-refractivity contribution in [1.29, 1.82) is 0 Å². The minimum absolute atomic E-state index is 0.0181. The molecule has 4 rings (SSSR count). The molecule has 1 N–H and O–H groups in total. The molecule has 1 aromatic rings. The van der Waals surface area contributed by atoms with E-state index < -0.39 is 0 Å². The molecule has 0 unspecified atom stereocenters. The molecule has 0 aliphatic carbocycles. The number of aromatic nitrogens is 1. The highest BCUT2D eigenvalue weighted by Gasteiger charge is 2.54. The lowest BCUT2D eigenvalue weighted by Gasteiger charge is -2.54. The largest absolute Gasteiger partial charge is 0.367 e. The fourth-order valence-electron chi connectivity index (χ4n) is 4.98. The van der Waals surface area contributed by atoms with Crippen molar-refractivity contribution in [3.8, 4) is 0 Å². The Morgan fingerprint density at radius 3 is 2.64 bits per heavy atom. The third-order valence-electron chi connectivity index (χ3n) is 6.39. The number of likely N-dealkylation sites (tertiary alicyclic amines) is 3. The molecule has 2 atom stereocenters. The average Bonchev–Trinajstić information content (AvgIpc) is 3.33. The fraction of sp³-hybridized carbons (Fsp3) is 0.684. The van der Waals surface area contributed by atoms with Crippen LogP contribution in [0.25, 0.3) is 0 Å². The Balaban J connectivity index is 1.66. The van der Waals surface area contributed by atoms with Gasteiger partial charge in [-0.3, -0.25) is 9.59 Å². The second-order valence-electron chi connectivity index (χ2n) is 7.89. The number of rotatable bonds is 2. The third-order valence-corrected chi connectivity index (χ3v) is 6.39. The molecule has 136 valence electrons. The molecule has 6 nitrogen and oxygen atoms in total. The number of carbonyl (C=O) groups excluding carboxylic acids is 2. The summed E-state index contributed by atoms with van der Waals surface area (Å²) in [4.78, 5) is 35.8. The van der Waals surface area contributed by atoms with Crippen LogP contribution in [0.4, 0.5) is 0 Å². The van der Waals surface area contributed by atoms with Crippen LogP contribution in [0.15, 0.2) is 18.5 Å². The fourth-order valence-corrected chi connectivity index (χ4v) is 4.98. The van der Waals surface area contributed by atoms with E-state index in [0.29, 0.717) is 11.5 Å². The number of amides is 2. The van der Waals surface area contributed by atoms with Gasteiger partial charge in [0.1, 0.15) is 0 Å². The summed E-state index contributed by atoms with van der Waals surface area (Å²) in [6.45, 7) is 4.24. The van der Waals surface area contributed by atoms with E-state index in [9.17, 15) is 9.59 Å². The summed E-state index contributed by atoms with van der Waals surface area (Å²) in [5.74, 6) is 0.356. The number of fused-ring (bicyclic) bond motifs is 1. The quantitative estimate of drug-likeness (QED) is 0.886. The van der Waals surface area contributed by atoms with Gasteiger partial charge < -0.3 is 19.7 Å². The van der Waals surface area contributed by atoms with E-state index in [-0.39, 0.29) is 17.4 Å². The normalized spacial score (nSPS) is 30.4. The zero-order chi connectivity index (χ0) is 17.4. The minimum atomic E-state index is -0.388. The molecule has 1 aromatic heterocycles. The Morgan fingerprint density at radius 2 is 1.92 bits per heavy atom. The first kappa shape index (κ1) is 16.6. The van der Waals surface area contributed by atoms with E-state index in [1.807, 2.05) is 11.0 Å². The summed E-state index contributed by atoms with van der Waals surface area (Å²) in [5.41, 5.74) is 0.304. The molecular formula is C19H28N4O2. The van der Waals surface area contributed by atoms with Gasteiger partial charge in [-0.15, -0.1) is 0 Å². The van der Waals surface area contributed by atoms with E-state index in [1.54, 1.807) is 12.4 Å². The lowest BCUT2D eigenvalue weighted by Crippen LogP contribution is -2.66. The van der Waals surface area contributed by atoms with Crippen LogP contribution in [-0.2, 0) is 4.79 Å². The molecule has 3 aliphatic heterocycles. The van der Waals surface area contributed by atoms with Gasteiger partial charge in [0.15, 0.2) is 0 Å². The van der Waals surface area contributed by atoms with Crippen LogP contribution in [0.5, 0.6) is 0 Å². The number of hydrogen-bond acceptors (Lipinski definition) is 3. The summed E-state index contributed by atoms with van der Waals surface area (Å²) in [7, 11) is 2.10. The summed E-state index contributed by atoms with van der Waals surface area (Å²) >= 11 is 0. The monoisotopic (exact) mass is 344 g/mol. The van der Waals surface area contributed by atoms with Crippen molar-refractivity contribution in [2.45, 2.75) is 38.1 Å². The van der Waals surface area contributed by atoms with E-state index in [2.05, 4.69) is 21.8 Å². The molecule has 3 aliphatic rings. The summed E-state index contributed by atoms with van der Waals surface area (Å²) in [5, 5.41) is 0. The Hall–Kier alpha value is -1.82. The van der Waals surface area contributed by atoms with Crippen molar-refractivity contribution in [1.82, 2.24) is 19.7 Å². The van der Waals surface area contributed by atoms with Gasteiger partial charge in [0, 0.05) is 38.6 Å². The molecule has 4 heterocycles. The van der Waals surface area contributed by atoms with Crippen molar-refractivity contribution in [3.63, 3.8) is 0 Å². The maximum atomic E-state index is 13.5. The van der Waals surface area contributed by atoms with E-state index in [0.717, 1.165) is 64.8 Å². The number of H-pyrrole nitrogens is 1.